The first-order valence-corrected chi connectivity index (χ1v) is 9.12. The first kappa shape index (κ1) is 16.4. The van der Waals surface area contributed by atoms with Crippen molar-refractivity contribution in [3.63, 3.8) is 0 Å². The standard InChI is InChI=1S/C18H27NOS/c1-15(21-14-17-11-7-4-8-12-17)18(20)19(2)13-16-9-5-3-6-10-16/h4,7-8,11-12,15-16H,3,5-6,9-10,13-14H2,1-2H3. The van der Waals surface area contributed by atoms with Gasteiger partial charge in [0.25, 0.3) is 0 Å². The number of benzene rings is 1. The van der Waals surface area contributed by atoms with Gasteiger partial charge in [0.15, 0.2) is 0 Å². The average molecular weight is 305 g/mol. The van der Waals surface area contributed by atoms with Crippen molar-refractivity contribution in [3.8, 4) is 0 Å². The SMILES string of the molecule is CC(SCc1ccccc1)C(=O)N(C)CC1CCCCC1. The number of thioether (sulfide) groups is 1. The molecule has 0 aliphatic heterocycles. The summed E-state index contributed by atoms with van der Waals surface area (Å²) >= 11 is 1.74. The Morgan fingerprint density at radius 2 is 1.90 bits per heavy atom. The van der Waals surface area contributed by atoms with Crippen molar-refractivity contribution in [2.24, 2.45) is 5.92 Å². The van der Waals surface area contributed by atoms with Crippen LogP contribution >= 0.6 is 11.8 Å². The van der Waals surface area contributed by atoms with E-state index in [4.69, 9.17) is 0 Å². The van der Waals surface area contributed by atoms with Gasteiger partial charge in [0, 0.05) is 19.3 Å². The van der Waals surface area contributed by atoms with E-state index >= 15 is 0 Å². The number of hydrogen-bond acceptors (Lipinski definition) is 2. The van der Waals surface area contributed by atoms with Crippen LogP contribution in [0.1, 0.15) is 44.6 Å². The molecular weight excluding hydrogens is 278 g/mol. The fourth-order valence-electron chi connectivity index (χ4n) is 3.02. The molecule has 1 fully saturated rings. The topological polar surface area (TPSA) is 20.3 Å². The van der Waals surface area contributed by atoms with Gasteiger partial charge in [-0.2, -0.15) is 0 Å². The summed E-state index contributed by atoms with van der Waals surface area (Å²) in [6.45, 7) is 2.97. The molecule has 2 rings (SSSR count). The molecule has 1 saturated carbocycles. The van der Waals surface area contributed by atoms with Gasteiger partial charge in [-0.05, 0) is 31.2 Å². The highest BCUT2D eigenvalue weighted by Crippen LogP contribution is 2.25. The highest BCUT2D eigenvalue weighted by atomic mass is 32.2. The van der Waals surface area contributed by atoms with Crippen molar-refractivity contribution in [2.75, 3.05) is 13.6 Å². The van der Waals surface area contributed by atoms with Crippen LogP contribution in [-0.4, -0.2) is 29.6 Å². The van der Waals surface area contributed by atoms with E-state index in [0.29, 0.717) is 0 Å². The molecule has 1 atom stereocenters. The van der Waals surface area contributed by atoms with E-state index in [2.05, 4.69) is 24.3 Å². The quantitative estimate of drug-likeness (QED) is 0.779. The van der Waals surface area contributed by atoms with Gasteiger partial charge in [-0.15, -0.1) is 11.8 Å². The molecule has 0 spiro atoms. The average Bonchev–Trinajstić information content (AvgIpc) is 2.53. The molecule has 0 bridgehead atoms. The zero-order valence-corrected chi connectivity index (χ0v) is 14.1. The van der Waals surface area contributed by atoms with E-state index in [1.807, 2.05) is 24.9 Å². The van der Waals surface area contributed by atoms with E-state index in [-0.39, 0.29) is 11.2 Å². The fourth-order valence-corrected chi connectivity index (χ4v) is 3.98. The zero-order valence-electron chi connectivity index (χ0n) is 13.3. The van der Waals surface area contributed by atoms with E-state index in [1.165, 1.54) is 37.7 Å². The number of hydrogen-bond donors (Lipinski definition) is 0. The summed E-state index contributed by atoms with van der Waals surface area (Å²) < 4.78 is 0. The van der Waals surface area contributed by atoms with Gasteiger partial charge in [0.1, 0.15) is 0 Å². The van der Waals surface area contributed by atoms with Crippen LogP contribution in [0.3, 0.4) is 0 Å². The smallest absolute Gasteiger partial charge is 0.235 e. The molecule has 0 aromatic heterocycles. The molecule has 0 radical (unpaired) electrons. The van der Waals surface area contributed by atoms with Crippen LogP contribution in [0.2, 0.25) is 0 Å². The Kier molecular flexibility index (Phi) is 6.62. The van der Waals surface area contributed by atoms with Gasteiger partial charge in [-0.25, -0.2) is 0 Å². The monoisotopic (exact) mass is 305 g/mol. The van der Waals surface area contributed by atoms with E-state index in [9.17, 15) is 4.79 Å². The maximum Gasteiger partial charge on any atom is 0.235 e. The van der Waals surface area contributed by atoms with Crippen molar-refractivity contribution in [3.05, 3.63) is 35.9 Å². The number of carbonyl (C=O) groups is 1. The molecule has 1 amide bonds. The maximum absolute atomic E-state index is 12.4. The highest BCUT2D eigenvalue weighted by Gasteiger charge is 2.22. The van der Waals surface area contributed by atoms with Crippen molar-refractivity contribution in [1.29, 1.82) is 0 Å². The van der Waals surface area contributed by atoms with Crippen molar-refractivity contribution in [1.82, 2.24) is 4.90 Å². The van der Waals surface area contributed by atoms with Crippen LogP contribution in [0.4, 0.5) is 0 Å². The van der Waals surface area contributed by atoms with E-state index in [0.717, 1.165) is 18.2 Å². The van der Waals surface area contributed by atoms with E-state index in [1.54, 1.807) is 11.8 Å². The van der Waals surface area contributed by atoms with Crippen LogP contribution in [-0.2, 0) is 10.5 Å². The minimum Gasteiger partial charge on any atom is -0.345 e. The van der Waals surface area contributed by atoms with Gasteiger partial charge in [0.05, 0.1) is 5.25 Å². The van der Waals surface area contributed by atoms with Crippen LogP contribution < -0.4 is 0 Å². The van der Waals surface area contributed by atoms with Gasteiger partial charge in [0.2, 0.25) is 5.91 Å². The lowest BCUT2D eigenvalue weighted by molar-refractivity contribution is -0.129. The van der Waals surface area contributed by atoms with E-state index < -0.39 is 0 Å². The minimum atomic E-state index is 0.0406. The Hall–Kier alpha value is -0.960. The number of carbonyl (C=O) groups excluding carboxylic acids is 1. The third-order valence-corrected chi connectivity index (χ3v) is 5.53. The third-order valence-electron chi connectivity index (χ3n) is 4.32. The molecule has 1 aromatic carbocycles. The summed E-state index contributed by atoms with van der Waals surface area (Å²) in [5, 5.41) is 0.0406. The number of amides is 1. The summed E-state index contributed by atoms with van der Waals surface area (Å²) in [5.74, 6) is 1.91. The Bertz CT molecular complexity index is 428. The van der Waals surface area contributed by atoms with Crippen molar-refractivity contribution < 1.29 is 4.79 Å². The molecule has 1 aliphatic rings. The summed E-state index contributed by atoms with van der Waals surface area (Å²) in [5.41, 5.74) is 1.29. The van der Waals surface area contributed by atoms with Crippen LogP contribution in [0.5, 0.6) is 0 Å². The predicted molar refractivity (Wildman–Crippen MR) is 91.4 cm³/mol. The van der Waals surface area contributed by atoms with Crippen LogP contribution in [0.15, 0.2) is 30.3 Å². The van der Waals surface area contributed by atoms with Crippen molar-refractivity contribution >= 4 is 17.7 Å². The lowest BCUT2D eigenvalue weighted by Gasteiger charge is -2.28. The summed E-state index contributed by atoms with van der Waals surface area (Å²) in [7, 11) is 1.97. The number of rotatable bonds is 6. The number of nitrogens with zero attached hydrogens (tertiary/aromatic N) is 1. The molecule has 21 heavy (non-hydrogen) atoms. The molecular formula is C18H27NOS. The summed E-state index contributed by atoms with van der Waals surface area (Å²) in [6, 6.07) is 10.4. The second-order valence-electron chi connectivity index (χ2n) is 6.16. The predicted octanol–water partition coefficient (Wildman–Crippen LogP) is 4.35. The summed E-state index contributed by atoms with van der Waals surface area (Å²) in [4.78, 5) is 14.4. The Morgan fingerprint density at radius 3 is 2.57 bits per heavy atom. The van der Waals surface area contributed by atoms with Gasteiger partial charge in [-0.1, -0.05) is 49.6 Å². The van der Waals surface area contributed by atoms with Gasteiger partial charge in [-0.3, -0.25) is 4.79 Å². The Balaban J connectivity index is 1.75. The third kappa shape index (κ3) is 5.39. The molecule has 2 nitrogen and oxygen atoms in total. The Morgan fingerprint density at radius 1 is 1.24 bits per heavy atom. The molecule has 3 heteroatoms. The lowest BCUT2D eigenvalue weighted by atomic mass is 9.89. The first-order chi connectivity index (χ1) is 10.2. The maximum atomic E-state index is 12.4. The largest absolute Gasteiger partial charge is 0.345 e. The molecule has 0 heterocycles. The molecule has 1 unspecified atom stereocenters. The molecule has 0 N–H and O–H groups in total. The first-order valence-electron chi connectivity index (χ1n) is 8.07. The van der Waals surface area contributed by atoms with Crippen LogP contribution in [0.25, 0.3) is 0 Å². The molecule has 1 aromatic rings. The minimum absolute atomic E-state index is 0.0406. The fraction of sp³-hybridized carbons (Fsp3) is 0.611. The van der Waals surface area contributed by atoms with Gasteiger partial charge >= 0.3 is 0 Å². The Labute approximate surface area is 133 Å². The zero-order chi connectivity index (χ0) is 15.1. The van der Waals surface area contributed by atoms with Gasteiger partial charge < -0.3 is 4.90 Å². The molecule has 1 aliphatic carbocycles. The van der Waals surface area contributed by atoms with Crippen molar-refractivity contribution in [2.45, 2.75) is 50.0 Å². The highest BCUT2D eigenvalue weighted by molar-refractivity contribution is 7.99. The summed E-state index contributed by atoms with van der Waals surface area (Å²) in [6.07, 6.45) is 6.64. The second-order valence-corrected chi connectivity index (χ2v) is 7.49. The normalized spacial score (nSPS) is 17.4. The van der Waals surface area contributed by atoms with Crippen LogP contribution in [0, 0.1) is 5.92 Å². The lowest BCUT2D eigenvalue weighted by Crippen LogP contribution is -2.37. The molecule has 116 valence electrons. The molecule has 0 saturated heterocycles. The second kappa shape index (κ2) is 8.47.